The highest BCUT2D eigenvalue weighted by Crippen LogP contribution is 2.16. The van der Waals surface area contributed by atoms with Gasteiger partial charge in [-0.2, -0.15) is 0 Å². The predicted molar refractivity (Wildman–Crippen MR) is 60.1 cm³/mol. The lowest BCUT2D eigenvalue weighted by Gasteiger charge is -2.04. The van der Waals surface area contributed by atoms with E-state index in [0.29, 0.717) is 12.4 Å². The molecule has 0 saturated heterocycles. The zero-order valence-electron chi connectivity index (χ0n) is 8.64. The van der Waals surface area contributed by atoms with Crippen LogP contribution in [-0.4, -0.2) is 9.97 Å². The van der Waals surface area contributed by atoms with Crippen molar-refractivity contribution in [3.63, 3.8) is 0 Å². The fourth-order valence-corrected chi connectivity index (χ4v) is 1.48. The van der Waals surface area contributed by atoms with Crippen molar-refractivity contribution in [2.45, 2.75) is 13.5 Å². The van der Waals surface area contributed by atoms with Crippen LogP contribution in [0.2, 0.25) is 0 Å². The molecule has 2 aromatic rings. The molecule has 0 unspecified atom stereocenters. The largest absolute Gasteiger partial charge is 0.324 e. The SMILES string of the molecule is Cc1cc(-c2ccccc2)nc(CN)n1. The molecule has 0 aliphatic heterocycles. The fourth-order valence-electron chi connectivity index (χ4n) is 1.48. The van der Waals surface area contributed by atoms with Gasteiger partial charge in [0, 0.05) is 11.3 Å². The van der Waals surface area contributed by atoms with Crippen molar-refractivity contribution in [3.05, 3.63) is 47.9 Å². The highest BCUT2D eigenvalue weighted by atomic mass is 14.9. The number of hydrogen-bond donors (Lipinski definition) is 1. The van der Waals surface area contributed by atoms with Gasteiger partial charge in [0.2, 0.25) is 0 Å². The van der Waals surface area contributed by atoms with Gasteiger partial charge in [-0.25, -0.2) is 9.97 Å². The Hall–Kier alpha value is -1.74. The lowest BCUT2D eigenvalue weighted by Crippen LogP contribution is -2.04. The van der Waals surface area contributed by atoms with Crippen molar-refractivity contribution < 1.29 is 0 Å². The summed E-state index contributed by atoms with van der Waals surface area (Å²) in [4.78, 5) is 8.63. The Kier molecular flexibility index (Phi) is 2.74. The van der Waals surface area contributed by atoms with E-state index in [1.165, 1.54) is 0 Å². The molecule has 2 N–H and O–H groups in total. The van der Waals surface area contributed by atoms with Gasteiger partial charge in [-0.1, -0.05) is 30.3 Å². The standard InChI is InChI=1S/C12H13N3/c1-9-7-11(15-12(8-13)14-9)10-5-3-2-4-6-10/h2-7H,8,13H2,1H3. The summed E-state index contributed by atoms with van der Waals surface area (Å²) in [6, 6.07) is 12.0. The molecule has 0 atom stereocenters. The van der Waals surface area contributed by atoms with E-state index in [0.717, 1.165) is 17.0 Å². The average Bonchev–Trinajstić information content (AvgIpc) is 2.29. The Labute approximate surface area is 89.0 Å². The second-order valence-corrected chi connectivity index (χ2v) is 3.38. The Morgan fingerprint density at radius 2 is 1.87 bits per heavy atom. The second kappa shape index (κ2) is 4.19. The third kappa shape index (κ3) is 2.19. The van der Waals surface area contributed by atoms with Crippen LogP contribution in [0.4, 0.5) is 0 Å². The number of rotatable bonds is 2. The van der Waals surface area contributed by atoms with Gasteiger partial charge in [0.05, 0.1) is 12.2 Å². The topological polar surface area (TPSA) is 51.8 Å². The zero-order chi connectivity index (χ0) is 10.7. The van der Waals surface area contributed by atoms with Gasteiger partial charge in [0.25, 0.3) is 0 Å². The molecule has 76 valence electrons. The minimum Gasteiger partial charge on any atom is -0.324 e. The van der Waals surface area contributed by atoms with Crippen LogP contribution < -0.4 is 5.73 Å². The van der Waals surface area contributed by atoms with Crippen LogP contribution in [0.25, 0.3) is 11.3 Å². The van der Waals surface area contributed by atoms with Crippen molar-refractivity contribution in [2.24, 2.45) is 5.73 Å². The smallest absolute Gasteiger partial charge is 0.142 e. The van der Waals surface area contributed by atoms with Crippen LogP contribution in [0.15, 0.2) is 36.4 Å². The van der Waals surface area contributed by atoms with Gasteiger partial charge in [-0.3, -0.25) is 0 Å². The number of aryl methyl sites for hydroxylation is 1. The lowest BCUT2D eigenvalue weighted by atomic mass is 10.1. The molecular weight excluding hydrogens is 186 g/mol. The molecule has 1 heterocycles. The van der Waals surface area contributed by atoms with Gasteiger partial charge < -0.3 is 5.73 Å². The first-order valence-electron chi connectivity index (χ1n) is 4.89. The maximum absolute atomic E-state index is 5.54. The second-order valence-electron chi connectivity index (χ2n) is 3.38. The summed E-state index contributed by atoms with van der Waals surface area (Å²) in [7, 11) is 0. The Morgan fingerprint density at radius 3 is 2.53 bits per heavy atom. The first kappa shape index (κ1) is 9.80. The molecule has 3 heteroatoms. The minimum absolute atomic E-state index is 0.377. The van der Waals surface area contributed by atoms with E-state index >= 15 is 0 Å². The highest BCUT2D eigenvalue weighted by Gasteiger charge is 2.02. The fraction of sp³-hybridized carbons (Fsp3) is 0.167. The van der Waals surface area contributed by atoms with Crippen molar-refractivity contribution >= 4 is 0 Å². The van der Waals surface area contributed by atoms with Crippen molar-refractivity contribution in [2.75, 3.05) is 0 Å². The molecule has 0 fully saturated rings. The molecule has 0 aliphatic carbocycles. The van der Waals surface area contributed by atoms with Crippen molar-refractivity contribution in [3.8, 4) is 11.3 Å². The van der Waals surface area contributed by atoms with E-state index in [2.05, 4.69) is 9.97 Å². The van der Waals surface area contributed by atoms with E-state index in [9.17, 15) is 0 Å². The van der Waals surface area contributed by atoms with E-state index in [1.54, 1.807) is 0 Å². The highest BCUT2D eigenvalue weighted by molar-refractivity contribution is 5.58. The Bertz CT molecular complexity index is 452. The summed E-state index contributed by atoms with van der Waals surface area (Å²) < 4.78 is 0. The van der Waals surface area contributed by atoms with E-state index < -0.39 is 0 Å². The zero-order valence-corrected chi connectivity index (χ0v) is 8.64. The molecule has 0 amide bonds. The van der Waals surface area contributed by atoms with E-state index in [4.69, 9.17) is 5.73 Å². The number of nitrogens with two attached hydrogens (primary N) is 1. The van der Waals surface area contributed by atoms with Gasteiger partial charge in [-0.15, -0.1) is 0 Å². The summed E-state index contributed by atoms with van der Waals surface area (Å²) in [5.74, 6) is 0.689. The third-order valence-electron chi connectivity index (χ3n) is 2.15. The quantitative estimate of drug-likeness (QED) is 0.803. The number of aromatic nitrogens is 2. The summed E-state index contributed by atoms with van der Waals surface area (Å²) in [6.45, 7) is 2.33. The molecule has 2 rings (SSSR count). The molecule has 0 radical (unpaired) electrons. The first-order valence-corrected chi connectivity index (χ1v) is 4.89. The Morgan fingerprint density at radius 1 is 1.13 bits per heavy atom. The Balaban J connectivity index is 2.49. The van der Waals surface area contributed by atoms with Gasteiger partial charge in [-0.05, 0) is 13.0 Å². The maximum Gasteiger partial charge on any atom is 0.142 e. The molecule has 1 aromatic carbocycles. The maximum atomic E-state index is 5.54. The monoisotopic (exact) mass is 199 g/mol. The molecule has 0 saturated carbocycles. The van der Waals surface area contributed by atoms with Crippen LogP contribution in [0.3, 0.4) is 0 Å². The molecule has 15 heavy (non-hydrogen) atoms. The lowest BCUT2D eigenvalue weighted by molar-refractivity contribution is 0.894. The molecule has 0 spiro atoms. The average molecular weight is 199 g/mol. The van der Waals surface area contributed by atoms with Crippen LogP contribution in [-0.2, 0) is 6.54 Å². The molecular formula is C12H13N3. The summed E-state index contributed by atoms with van der Waals surface area (Å²) in [6.07, 6.45) is 0. The molecule has 1 aromatic heterocycles. The van der Waals surface area contributed by atoms with E-state index in [1.807, 2.05) is 43.3 Å². The molecule has 0 bridgehead atoms. The first-order chi connectivity index (χ1) is 7.29. The van der Waals surface area contributed by atoms with Crippen LogP contribution in [0.5, 0.6) is 0 Å². The minimum atomic E-state index is 0.377. The number of nitrogens with zero attached hydrogens (tertiary/aromatic N) is 2. The van der Waals surface area contributed by atoms with E-state index in [-0.39, 0.29) is 0 Å². The summed E-state index contributed by atoms with van der Waals surface area (Å²) in [5.41, 5.74) is 8.52. The molecule has 3 nitrogen and oxygen atoms in total. The summed E-state index contributed by atoms with van der Waals surface area (Å²) in [5, 5.41) is 0. The predicted octanol–water partition coefficient (Wildman–Crippen LogP) is 1.91. The van der Waals surface area contributed by atoms with Crippen molar-refractivity contribution in [1.29, 1.82) is 0 Å². The van der Waals surface area contributed by atoms with Gasteiger partial charge in [0.15, 0.2) is 0 Å². The van der Waals surface area contributed by atoms with Crippen LogP contribution in [0, 0.1) is 6.92 Å². The van der Waals surface area contributed by atoms with Crippen LogP contribution in [0.1, 0.15) is 11.5 Å². The van der Waals surface area contributed by atoms with Gasteiger partial charge >= 0.3 is 0 Å². The van der Waals surface area contributed by atoms with Gasteiger partial charge in [0.1, 0.15) is 5.82 Å². The normalized spacial score (nSPS) is 10.3. The third-order valence-corrected chi connectivity index (χ3v) is 2.15. The molecule has 0 aliphatic rings. The number of hydrogen-bond acceptors (Lipinski definition) is 3. The van der Waals surface area contributed by atoms with Crippen LogP contribution >= 0.6 is 0 Å². The summed E-state index contributed by atoms with van der Waals surface area (Å²) >= 11 is 0. The van der Waals surface area contributed by atoms with Crippen molar-refractivity contribution in [1.82, 2.24) is 9.97 Å². The number of benzene rings is 1.